The van der Waals surface area contributed by atoms with Crippen molar-refractivity contribution in [2.45, 2.75) is 39.0 Å². The molecule has 7 heteroatoms. The molecule has 0 aliphatic heterocycles. The predicted octanol–water partition coefficient (Wildman–Crippen LogP) is 2.88. The number of ether oxygens (including phenoxy) is 1. The lowest BCUT2D eigenvalue weighted by molar-refractivity contribution is -0.136. The van der Waals surface area contributed by atoms with E-state index in [0.717, 1.165) is 25.7 Å². The first-order valence-electron chi connectivity index (χ1n) is 8.06. The third-order valence-corrected chi connectivity index (χ3v) is 4.04. The quantitative estimate of drug-likeness (QED) is 0.783. The smallest absolute Gasteiger partial charge is 0.313 e. The number of hydrogen-bond acceptors (Lipinski definition) is 3. The molecule has 1 aliphatic rings. The maximum absolute atomic E-state index is 12.2. The molecule has 2 N–H and O–H groups in total. The van der Waals surface area contributed by atoms with Crippen molar-refractivity contribution in [1.29, 1.82) is 0 Å². The fraction of sp³-hybridized carbons (Fsp3) is 0.529. The minimum atomic E-state index is -2.58. The van der Waals surface area contributed by atoms with Gasteiger partial charge < -0.3 is 15.4 Å². The number of carbonyl (C=O) groups is 2. The molecule has 0 aromatic heterocycles. The average Bonchev–Trinajstić information content (AvgIpc) is 3.06. The Kier molecular flexibility index (Phi) is 6.52. The van der Waals surface area contributed by atoms with E-state index in [2.05, 4.69) is 10.6 Å². The Balaban J connectivity index is 1.87. The van der Waals surface area contributed by atoms with Gasteiger partial charge in [-0.3, -0.25) is 9.59 Å². The molecule has 2 rings (SSSR count). The standard InChI is InChI=1S/C17H22F2N2O3/c1-11-6-7-13(8-14(11)24-10-15(18)19)21-17(23)16(22)20-9-12-4-2-3-5-12/h6-8,12,15H,2-5,9-10H2,1H3,(H,20,22)(H,21,23). The molecule has 24 heavy (non-hydrogen) atoms. The van der Waals surface area contributed by atoms with Crippen LogP contribution in [0.4, 0.5) is 14.5 Å². The molecule has 1 aromatic rings. The van der Waals surface area contributed by atoms with E-state index in [9.17, 15) is 18.4 Å². The number of carbonyl (C=O) groups excluding carboxylic acids is 2. The van der Waals surface area contributed by atoms with Crippen LogP contribution in [0.1, 0.15) is 31.2 Å². The van der Waals surface area contributed by atoms with Crippen molar-refractivity contribution in [2.75, 3.05) is 18.5 Å². The molecule has 1 fully saturated rings. The zero-order valence-electron chi connectivity index (χ0n) is 13.6. The van der Waals surface area contributed by atoms with E-state index >= 15 is 0 Å². The molecule has 0 radical (unpaired) electrons. The first-order chi connectivity index (χ1) is 11.5. The van der Waals surface area contributed by atoms with Crippen LogP contribution in [0.25, 0.3) is 0 Å². The Morgan fingerprint density at radius 2 is 1.96 bits per heavy atom. The first kappa shape index (κ1) is 18.2. The number of alkyl halides is 2. The van der Waals surface area contributed by atoms with Crippen LogP contribution >= 0.6 is 0 Å². The summed E-state index contributed by atoms with van der Waals surface area (Å²) in [6.07, 6.45) is 1.90. The minimum Gasteiger partial charge on any atom is -0.487 e. The van der Waals surface area contributed by atoms with E-state index in [1.165, 1.54) is 6.07 Å². The number of halogens is 2. The SMILES string of the molecule is Cc1ccc(NC(=O)C(=O)NCC2CCCC2)cc1OCC(F)F. The molecule has 1 aliphatic carbocycles. The summed E-state index contributed by atoms with van der Waals surface area (Å²) < 4.78 is 29.5. The van der Waals surface area contributed by atoms with Crippen molar-refractivity contribution in [2.24, 2.45) is 5.92 Å². The van der Waals surface area contributed by atoms with Crippen molar-refractivity contribution in [3.05, 3.63) is 23.8 Å². The number of nitrogens with one attached hydrogen (secondary N) is 2. The van der Waals surface area contributed by atoms with Crippen LogP contribution in [0.15, 0.2) is 18.2 Å². The highest BCUT2D eigenvalue weighted by Gasteiger charge is 2.19. The van der Waals surface area contributed by atoms with Gasteiger partial charge in [-0.05, 0) is 37.3 Å². The zero-order valence-corrected chi connectivity index (χ0v) is 13.6. The lowest BCUT2D eigenvalue weighted by atomic mass is 10.1. The number of anilines is 1. The molecule has 0 heterocycles. The van der Waals surface area contributed by atoms with Crippen LogP contribution in [-0.4, -0.2) is 31.4 Å². The summed E-state index contributed by atoms with van der Waals surface area (Å²) in [5.74, 6) is -0.788. The second kappa shape index (κ2) is 8.61. The zero-order chi connectivity index (χ0) is 17.5. The van der Waals surface area contributed by atoms with E-state index < -0.39 is 24.8 Å². The summed E-state index contributed by atoms with van der Waals surface area (Å²) in [5, 5.41) is 5.08. The van der Waals surface area contributed by atoms with Gasteiger partial charge in [-0.1, -0.05) is 18.9 Å². The highest BCUT2D eigenvalue weighted by molar-refractivity contribution is 6.39. The fourth-order valence-corrected chi connectivity index (χ4v) is 2.71. The van der Waals surface area contributed by atoms with Gasteiger partial charge in [0.05, 0.1) is 0 Å². The molecule has 1 aromatic carbocycles. The van der Waals surface area contributed by atoms with E-state index in [4.69, 9.17) is 4.74 Å². The topological polar surface area (TPSA) is 67.4 Å². The van der Waals surface area contributed by atoms with Crippen LogP contribution in [0.5, 0.6) is 5.75 Å². The van der Waals surface area contributed by atoms with Crippen molar-refractivity contribution >= 4 is 17.5 Å². The van der Waals surface area contributed by atoms with E-state index in [1.807, 2.05) is 0 Å². The lowest BCUT2D eigenvalue weighted by Gasteiger charge is -2.12. The molecule has 5 nitrogen and oxygen atoms in total. The summed E-state index contributed by atoms with van der Waals surface area (Å²) >= 11 is 0. The number of benzene rings is 1. The summed E-state index contributed by atoms with van der Waals surface area (Å²) in [7, 11) is 0. The number of amides is 2. The van der Waals surface area contributed by atoms with Crippen LogP contribution < -0.4 is 15.4 Å². The summed E-state index contributed by atoms with van der Waals surface area (Å²) in [5.41, 5.74) is 0.991. The van der Waals surface area contributed by atoms with Crippen LogP contribution in [0.3, 0.4) is 0 Å². The van der Waals surface area contributed by atoms with Crippen LogP contribution in [0.2, 0.25) is 0 Å². The Labute approximate surface area is 139 Å². The summed E-state index contributed by atoms with van der Waals surface area (Å²) in [6, 6.07) is 4.65. The van der Waals surface area contributed by atoms with Gasteiger partial charge >= 0.3 is 11.8 Å². The number of hydrogen-bond donors (Lipinski definition) is 2. The Morgan fingerprint density at radius 1 is 1.25 bits per heavy atom. The Bertz CT molecular complexity index is 587. The second-order valence-corrected chi connectivity index (χ2v) is 6.00. The van der Waals surface area contributed by atoms with Gasteiger partial charge in [0.2, 0.25) is 0 Å². The van der Waals surface area contributed by atoms with Crippen LogP contribution in [0, 0.1) is 12.8 Å². The molecule has 132 valence electrons. The normalized spacial score (nSPS) is 14.7. The third-order valence-electron chi connectivity index (χ3n) is 4.04. The second-order valence-electron chi connectivity index (χ2n) is 6.00. The van der Waals surface area contributed by atoms with E-state index in [-0.39, 0.29) is 5.75 Å². The number of rotatable bonds is 6. The van der Waals surface area contributed by atoms with Gasteiger partial charge in [-0.15, -0.1) is 0 Å². The molecular formula is C17H22F2N2O3. The largest absolute Gasteiger partial charge is 0.487 e. The van der Waals surface area contributed by atoms with Gasteiger partial charge in [-0.2, -0.15) is 0 Å². The van der Waals surface area contributed by atoms with Crippen molar-refractivity contribution in [1.82, 2.24) is 5.32 Å². The predicted molar refractivity (Wildman–Crippen MR) is 86.3 cm³/mol. The van der Waals surface area contributed by atoms with Gasteiger partial charge in [-0.25, -0.2) is 8.78 Å². The first-order valence-corrected chi connectivity index (χ1v) is 8.06. The average molecular weight is 340 g/mol. The molecule has 2 amide bonds. The minimum absolute atomic E-state index is 0.250. The highest BCUT2D eigenvalue weighted by atomic mass is 19.3. The van der Waals surface area contributed by atoms with Crippen LogP contribution in [-0.2, 0) is 9.59 Å². The van der Waals surface area contributed by atoms with Gasteiger partial charge in [0.25, 0.3) is 6.43 Å². The summed E-state index contributed by atoms with van der Waals surface area (Å²) in [6.45, 7) is 1.49. The molecule has 0 atom stereocenters. The maximum Gasteiger partial charge on any atom is 0.313 e. The molecule has 0 spiro atoms. The Hall–Kier alpha value is -2.18. The highest BCUT2D eigenvalue weighted by Crippen LogP contribution is 2.24. The monoisotopic (exact) mass is 340 g/mol. The fourth-order valence-electron chi connectivity index (χ4n) is 2.71. The molecule has 0 unspecified atom stereocenters. The van der Waals surface area contributed by atoms with Crippen molar-refractivity contribution in [3.63, 3.8) is 0 Å². The summed E-state index contributed by atoms with van der Waals surface area (Å²) in [4.78, 5) is 23.7. The van der Waals surface area contributed by atoms with Crippen molar-refractivity contribution in [3.8, 4) is 5.75 Å². The molecule has 0 bridgehead atoms. The molecular weight excluding hydrogens is 318 g/mol. The maximum atomic E-state index is 12.2. The lowest BCUT2D eigenvalue weighted by Crippen LogP contribution is -2.37. The van der Waals surface area contributed by atoms with Crippen molar-refractivity contribution < 1.29 is 23.1 Å². The molecule has 0 saturated heterocycles. The van der Waals surface area contributed by atoms with Gasteiger partial charge in [0.1, 0.15) is 12.4 Å². The third kappa shape index (κ3) is 5.47. The molecule has 1 saturated carbocycles. The van der Waals surface area contributed by atoms with E-state index in [0.29, 0.717) is 23.7 Å². The van der Waals surface area contributed by atoms with Gasteiger partial charge in [0.15, 0.2) is 0 Å². The van der Waals surface area contributed by atoms with E-state index in [1.54, 1.807) is 19.1 Å². The van der Waals surface area contributed by atoms with Gasteiger partial charge in [0, 0.05) is 18.3 Å². The Morgan fingerprint density at radius 3 is 2.62 bits per heavy atom. The number of aryl methyl sites for hydroxylation is 1.